The smallest absolute Gasteiger partial charge is 0.255 e. The Morgan fingerprint density at radius 2 is 2.04 bits per heavy atom. The molecule has 7 heteroatoms. The summed E-state index contributed by atoms with van der Waals surface area (Å²) in [6.45, 7) is 2.42. The minimum absolute atomic E-state index is 0.00727. The molecule has 4 rings (SSSR count). The number of rotatable bonds is 3. The van der Waals surface area contributed by atoms with Crippen molar-refractivity contribution in [1.29, 1.82) is 0 Å². The molecule has 1 fully saturated rings. The fraction of sp³-hybridized carbons (Fsp3) is 0.312. The maximum atomic E-state index is 12.6. The van der Waals surface area contributed by atoms with Crippen molar-refractivity contribution in [3.8, 4) is 0 Å². The van der Waals surface area contributed by atoms with Crippen LogP contribution in [0.1, 0.15) is 21.9 Å². The molecule has 1 amide bonds. The summed E-state index contributed by atoms with van der Waals surface area (Å²) < 4.78 is 12.5. The van der Waals surface area contributed by atoms with Gasteiger partial charge in [0.2, 0.25) is 0 Å². The molecule has 1 aliphatic heterocycles. The highest BCUT2D eigenvalue weighted by Gasteiger charge is 2.19. The molecule has 118 valence electrons. The summed E-state index contributed by atoms with van der Waals surface area (Å²) in [6, 6.07) is 7.33. The van der Waals surface area contributed by atoms with Gasteiger partial charge in [0.1, 0.15) is 11.6 Å². The first kappa shape index (κ1) is 14.0. The van der Waals surface area contributed by atoms with Crippen LogP contribution < -0.4 is 0 Å². The van der Waals surface area contributed by atoms with Crippen LogP contribution in [-0.4, -0.2) is 51.7 Å². The highest BCUT2D eigenvalue weighted by Crippen LogP contribution is 2.13. The number of furan rings is 1. The van der Waals surface area contributed by atoms with Gasteiger partial charge in [-0.05, 0) is 24.3 Å². The largest absolute Gasteiger partial charge is 0.469 e. The molecule has 1 aliphatic rings. The van der Waals surface area contributed by atoms with Gasteiger partial charge in [0, 0.05) is 19.3 Å². The molecule has 0 bridgehead atoms. The number of pyridine rings is 1. The summed E-state index contributed by atoms with van der Waals surface area (Å²) in [4.78, 5) is 14.4. The molecule has 23 heavy (non-hydrogen) atoms. The Morgan fingerprint density at radius 3 is 2.83 bits per heavy atom. The summed E-state index contributed by atoms with van der Waals surface area (Å²) in [5, 5.41) is 8.33. The summed E-state index contributed by atoms with van der Waals surface area (Å²) >= 11 is 0. The number of ether oxygens (including phenoxy) is 1. The van der Waals surface area contributed by atoms with Gasteiger partial charge in [0.25, 0.3) is 5.91 Å². The molecule has 4 heterocycles. The molecule has 0 aromatic carbocycles. The summed E-state index contributed by atoms with van der Waals surface area (Å²) in [6.07, 6.45) is 3.96. The van der Waals surface area contributed by atoms with E-state index in [-0.39, 0.29) is 5.91 Å². The first-order valence-electron chi connectivity index (χ1n) is 7.54. The number of fused-ring (bicyclic) bond motifs is 1. The second kappa shape index (κ2) is 5.85. The van der Waals surface area contributed by atoms with Crippen LogP contribution in [0.5, 0.6) is 0 Å². The maximum Gasteiger partial charge on any atom is 0.255 e. The monoisotopic (exact) mass is 312 g/mol. The van der Waals surface area contributed by atoms with E-state index in [1.165, 1.54) is 0 Å². The third-order valence-electron chi connectivity index (χ3n) is 3.93. The average Bonchev–Trinajstić information content (AvgIpc) is 3.25. The highest BCUT2D eigenvalue weighted by atomic mass is 16.5. The minimum atomic E-state index is 0.00727. The molecule has 0 spiro atoms. The maximum absolute atomic E-state index is 12.6. The van der Waals surface area contributed by atoms with Crippen molar-refractivity contribution in [3.63, 3.8) is 0 Å². The lowest BCUT2D eigenvalue weighted by atomic mass is 10.2. The number of hydrogen-bond acceptors (Lipinski definition) is 5. The van der Waals surface area contributed by atoms with E-state index in [0.717, 1.165) is 11.6 Å². The summed E-state index contributed by atoms with van der Waals surface area (Å²) in [5.74, 6) is 1.56. The van der Waals surface area contributed by atoms with Gasteiger partial charge in [-0.2, -0.15) is 0 Å². The molecule has 7 nitrogen and oxygen atoms in total. The lowest BCUT2D eigenvalue weighted by molar-refractivity contribution is 0.0302. The molecule has 0 radical (unpaired) electrons. The van der Waals surface area contributed by atoms with Gasteiger partial charge in [0.15, 0.2) is 5.65 Å². The van der Waals surface area contributed by atoms with E-state index in [1.54, 1.807) is 23.4 Å². The van der Waals surface area contributed by atoms with Crippen LogP contribution in [0.3, 0.4) is 0 Å². The van der Waals surface area contributed by atoms with Crippen LogP contribution in [0.25, 0.3) is 5.65 Å². The van der Waals surface area contributed by atoms with Crippen LogP contribution >= 0.6 is 0 Å². The highest BCUT2D eigenvalue weighted by molar-refractivity contribution is 5.94. The number of carbonyl (C=O) groups is 1. The zero-order valence-corrected chi connectivity index (χ0v) is 12.5. The van der Waals surface area contributed by atoms with Crippen LogP contribution in [0.4, 0.5) is 0 Å². The fourth-order valence-electron chi connectivity index (χ4n) is 2.70. The Balaban J connectivity index is 1.64. The van der Waals surface area contributed by atoms with Crippen LogP contribution in [0.2, 0.25) is 0 Å². The van der Waals surface area contributed by atoms with E-state index in [1.807, 2.05) is 22.6 Å². The Bertz CT molecular complexity index is 819. The SMILES string of the molecule is O=C(c1ccc2nnc(Cc3ccco3)n2c1)N1CCOCC1. The molecule has 3 aromatic heterocycles. The summed E-state index contributed by atoms with van der Waals surface area (Å²) in [5.41, 5.74) is 1.34. The topological polar surface area (TPSA) is 72.9 Å². The number of nitrogens with zero attached hydrogens (tertiary/aromatic N) is 4. The molecule has 0 atom stereocenters. The van der Waals surface area contributed by atoms with Crippen molar-refractivity contribution in [3.05, 3.63) is 53.9 Å². The van der Waals surface area contributed by atoms with Crippen molar-refractivity contribution in [2.75, 3.05) is 26.3 Å². The third kappa shape index (κ3) is 2.70. The Morgan fingerprint density at radius 1 is 1.17 bits per heavy atom. The van der Waals surface area contributed by atoms with Crippen LogP contribution in [0.15, 0.2) is 41.1 Å². The molecular weight excluding hydrogens is 296 g/mol. The number of morpholine rings is 1. The quantitative estimate of drug-likeness (QED) is 0.730. The molecule has 1 saturated heterocycles. The van der Waals surface area contributed by atoms with Gasteiger partial charge in [-0.25, -0.2) is 0 Å². The minimum Gasteiger partial charge on any atom is -0.469 e. The zero-order valence-electron chi connectivity index (χ0n) is 12.5. The van der Waals surface area contributed by atoms with E-state index in [0.29, 0.717) is 43.9 Å². The van der Waals surface area contributed by atoms with E-state index in [2.05, 4.69) is 10.2 Å². The van der Waals surface area contributed by atoms with E-state index in [4.69, 9.17) is 9.15 Å². The van der Waals surface area contributed by atoms with Gasteiger partial charge in [0.05, 0.1) is 31.5 Å². The van der Waals surface area contributed by atoms with Gasteiger partial charge >= 0.3 is 0 Å². The standard InChI is InChI=1S/C16H16N4O3/c21-16(19-5-8-22-9-6-19)12-3-4-14-17-18-15(20(14)11-12)10-13-2-1-7-23-13/h1-4,7,11H,5-6,8-10H2. The van der Waals surface area contributed by atoms with Crippen molar-refractivity contribution >= 4 is 11.6 Å². The van der Waals surface area contributed by atoms with Gasteiger partial charge in [-0.15, -0.1) is 10.2 Å². The normalized spacial score (nSPS) is 15.2. The predicted octanol–water partition coefficient (Wildman–Crippen LogP) is 1.39. The number of hydrogen-bond donors (Lipinski definition) is 0. The Hall–Kier alpha value is -2.67. The van der Waals surface area contributed by atoms with Crippen molar-refractivity contribution in [2.45, 2.75) is 6.42 Å². The fourth-order valence-corrected chi connectivity index (χ4v) is 2.70. The third-order valence-corrected chi connectivity index (χ3v) is 3.93. The van der Waals surface area contributed by atoms with E-state index in [9.17, 15) is 4.79 Å². The first-order valence-corrected chi connectivity index (χ1v) is 7.54. The lowest BCUT2D eigenvalue weighted by Gasteiger charge is -2.26. The Kier molecular flexibility index (Phi) is 3.55. The van der Waals surface area contributed by atoms with Gasteiger partial charge < -0.3 is 14.1 Å². The second-order valence-corrected chi connectivity index (χ2v) is 5.42. The van der Waals surface area contributed by atoms with Crippen LogP contribution in [0, 0.1) is 0 Å². The van der Waals surface area contributed by atoms with Gasteiger partial charge in [-0.1, -0.05) is 0 Å². The van der Waals surface area contributed by atoms with Crippen LogP contribution in [-0.2, 0) is 11.2 Å². The lowest BCUT2D eigenvalue weighted by Crippen LogP contribution is -2.40. The molecule has 3 aromatic rings. The van der Waals surface area contributed by atoms with E-state index >= 15 is 0 Å². The summed E-state index contributed by atoms with van der Waals surface area (Å²) in [7, 11) is 0. The molecule has 0 unspecified atom stereocenters. The van der Waals surface area contributed by atoms with Crippen molar-refractivity contribution < 1.29 is 13.9 Å². The number of carbonyl (C=O) groups excluding carboxylic acids is 1. The average molecular weight is 312 g/mol. The van der Waals surface area contributed by atoms with E-state index < -0.39 is 0 Å². The number of amides is 1. The molecular formula is C16H16N4O3. The van der Waals surface area contributed by atoms with Crippen molar-refractivity contribution in [1.82, 2.24) is 19.5 Å². The number of aromatic nitrogens is 3. The van der Waals surface area contributed by atoms with Crippen molar-refractivity contribution in [2.24, 2.45) is 0 Å². The predicted molar refractivity (Wildman–Crippen MR) is 81.2 cm³/mol. The molecule has 0 aliphatic carbocycles. The first-order chi connectivity index (χ1) is 11.3. The molecule has 0 saturated carbocycles. The zero-order chi connectivity index (χ0) is 15.6. The second-order valence-electron chi connectivity index (χ2n) is 5.42. The Labute approximate surface area is 132 Å². The van der Waals surface area contributed by atoms with Gasteiger partial charge in [-0.3, -0.25) is 9.20 Å². The molecule has 0 N–H and O–H groups in total.